The van der Waals surface area contributed by atoms with Gasteiger partial charge in [0.1, 0.15) is 5.75 Å². The molecular formula is C18H18F3NO2. The summed E-state index contributed by atoms with van der Waals surface area (Å²) in [5.74, 6) is 0.340. The van der Waals surface area contributed by atoms with Crippen LogP contribution >= 0.6 is 0 Å². The number of ether oxygens (including phenoxy) is 1. The molecule has 3 nitrogen and oxygen atoms in total. The van der Waals surface area contributed by atoms with E-state index in [4.69, 9.17) is 4.74 Å². The molecule has 0 aromatic heterocycles. The highest BCUT2D eigenvalue weighted by molar-refractivity contribution is 5.77. The highest BCUT2D eigenvalue weighted by atomic mass is 19.4. The van der Waals surface area contributed by atoms with Gasteiger partial charge in [-0.1, -0.05) is 29.8 Å². The Balaban J connectivity index is 1.88. The van der Waals surface area contributed by atoms with Gasteiger partial charge in [0.25, 0.3) is 5.91 Å². The summed E-state index contributed by atoms with van der Waals surface area (Å²) in [6, 6.07) is 12.1. The van der Waals surface area contributed by atoms with Crippen molar-refractivity contribution in [2.24, 2.45) is 0 Å². The molecule has 128 valence electrons. The van der Waals surface area contributed by atoms with Gasteiger partial charge in [-0.3, -0.25) is 4.79 Å². The molecule has 2 rings (SSSR count). The fraction of sp³-hybridized carbons (Fsp3) is 0.278. The van der Waals surface area contributed by atoms with E-state index in [1.807, 2.05) is 19.1 Å². The van der Waals surface area contributed by atoms with Crippen molar-refractivity contribution in [3.05, 3.63) is 65.2 Å². The maximum absolute atomic E-state index is 12.5. The number of aryl methyl sites for hydroxylation is 1. The lowest BCUT2D eigenvalue weighted by molar-refractivity contribution is -0.137. The molecule has 0 saturated heterocycles. The first-order valence-corrected chi connectivity index (χ1v) is 7.35. The molecule has 0 aliphatic rings. The first-order chi connectivity index (χ1) is 11.3. The zero-order valence-corrected chi connectivity index (χ0v) is 13.4. The fourth-order valence-corrected chi connectivity index (χ4v) is 2.05. The Labute approximate surface area is 138 Å². The molecule has 2 aromatic rings. The maximum Gasteiger partial charge on any atom is 0.416 e. The Morgan fingerprint density at radius 2 is 1.62 bits per heavy atom. The molecule has 0 heterocycles. The van der Waals surface area contributed by atoms with Crippen molar-refractivity contribution >= 4 is 5.91 Å². The van der Waals surface area contributed by atoms with Gasteiger partial charge in [-0.05, 0) is 36.8 Å². The molecular weight excluding hydrogens is 319 g/mol. The summed E-state index contributed by atoms with van der Waals surface area (Å²) in [6.45, 7) is 2.04. The van der Waals surface area contributed by atoms with Crippen molar-refractivity contribution in [2.45, 2.75) is 19.6 Å². The second-order valence-electron chi connectivity index (χ2n) is 5.55. The molecule has 0 bridgehead atoms. The lowest BCUT2D eigenvalue weighted by atomic mass is 10.1. The number of amides is 1. The maximum atomic E-state index is 12.5. The molecule has 0 aliphatic carbocycles. The Morgan fingerprint density at radius 1 is 1.04 bits per heavy atom. The number of alkyl halides is 3. The van der Waals surface area contributed by atoms with E-state index >= 15 is 0 Å². The van der Waals surface area contributed by atoms with Gasteiger partial charge in [-0.25, -0.2) is 0 Å². The predicted octanol–water partition coefficient (Wildman–Crippen LogP) is 4.05. The molecule has 24 heavy (non-hydrogen) atoms. The topological polar surface area (TPSA) is 29.5 Å². The number of benzene rings is 2. The second kappa shape index (κ2) is 7.38. The number of hydrogen-bond acceptors (Lipinski definition) is 2. The predicted molar refractivity (Wildman–Crippen MR) is 84.6 cm³/mol. The van der Waals surface area contributed by atoms with Crippen molar-refractivity contribution in [3.63, 3.8) is 0 Å². The van der Waals surface area contributed by atoms with E-state index in [0.717, 1.165) is 17.7 Å². The van der Waals surface area contributed by atoms with E-state index in [1.165, 1.54) is 17.0 Å². The van der Waals surface area contributed by atoms with Gasteiger partial charge in [-0.15, -0.1) is 0 Å². The number of nitrogens with zero attached hydrogens (tertiary/aromatic N) is 1. The third kappa shape index (κ3) is 5.01. The van der Waals surface area contributed by atoms with Crippen LogP contribution in [0.5, 0.6) is 5.75 Å². The monoisotopic (exact) mass is 337 g/mol. The van der Waals surface area contributed by atoms with Crippen LogP contribution in [0.1, 0.15) is 16.7 Å². The third-order valence-electron chi connectivity index (χ3n) is 3.51. The lowest BCUT2D eigenvalue weighted by Gasteiger charge is -2.18. The Kier molecular flexibility index (Phi) is 5.49. The number of rotatable bonds is 5. The summed E-state index contributed by atoms with van der Waals surface area (Å²) in [5.41, 5.74) is 1.00. The zero-order valence-electron chi connectivity index (χ0n) is 13.4. The van der Waals surface area contributed by atoms with E-state index < -0.39 is 11.7 Å². The van der Waals surface area contributed by atoms with Crippen LogP contribution in [0, 0.1) is 6.92 Å². The molecule has 0 aliphatic heterocycles. The highest BCUT2D eigenvalue weighted by Gasteiger charge is 2.29. The Bertz CT molecular complexity index is 679. The standard InChI is InChI=1S/C18H18F3NO2/c1-13-3-9-16(10-4-13)24-12-17(23)22(2)11-14-5-7-15(8-6-14)18(19,20)21/h3-10H,11-12H2,1-2H3. The molecule has 1 amide bonds. The van der Waals surface area contributed by atoms with E-state index in [-0.39, 0.29) is 19.1 Å². The molecule has 6 heteroatoms. The van der Waals surface area contributed by atoms with Crippen LogP contribution in [-0.4, -0.2) is 24.5 Å². The van der Waals surface area contributed by atoms with Crippen LogP contribution in [-0.2, 0) is 17.5 Å². The summed E-state index contributed by atoms with van der Waals surface area (Å²) >= 11 is 0. The van der Waals surface area contributed by atoms with Crippen molar-refractivity contribution in [1.82, 2.24) is 4.90 Å². The number of carbonyl (C=O) groups excluding carboxylic acids is 1. The minimum atomic E-state index is -4.36. The summed E-state index contributed by atoms with van der Waals surface area (Å²) in [6.07, 6.45) is -4.36. The van der Waals surface area contributed by atoms with Crippen LogP contribution in [0.3, 0.4) is 0 Å². The van der Waals surface area contributed by atoms with Crippen molar-refractivity contribution in [2.75, 3.05) is 13.7 Å². The Morgan fingerprint density at radius 3 is 2.17 bits per heavy atom. The first-order valence-electron chi connectivity index (χ1n) is 7.35. The largest absolute Gasteiger partial charge is 0.484 e. The van der Waals surface area contributed by atoms with Crippen molar-refractivity contribution < 1.29 is 22.7 Å². The molecule has 0 saturated carbocycles. The molecule has 0 radical (unpaired) electrons. The lowest BCUT2D eigenvalue weighted by Crippen LogP contribution is -2.30. The fourth-order valence-electron chi connectivity index (χ4n) is 2.05. The van der Waals surface area contributed by atoms with Crippen LogP contribution in [0.25, 0.3) is 0 Å². The van der Waals surface area contributed by atoms with Crippen LogP contribution in [0.15, 0.2) is 48.5 Å². The average Bonchev–Trinajstić information content (AvgIpc) is 2.53. The SMILES string of the molecule is Cc1ccc(OCC(=O)N(C)Cc2ccc(C(F)(F)F)cc2)cc1. The zero-order chi connectivity index (χ0) is 17.7. The van der Waals surface area contributed by atoms with E-state index in [1.54, 1.807) is 19.2 Å². The summed E-state index contributed by atoms with van der Waals surface area (Å²) in [7, 11) is 1.58. The molecule has 0 fully saturated rings. The molecule has 0 spiro atoms. The smallest absolute Gasteiger partial charge is 0.416 e. The van der Waals surface area contributed by atoms with Gasteiger partial charge >= 0.3 is 6.18 Å². The number of carbonyl (C=O) groups is 1. The van der Waals surface area contributed by atoms with Gasteiger partial charge in [0.2, 0.25) is 0 Å². The summed E-state index contributed by atoms with van der Waals surface area (Å²) < 4.78 is 43.0. The van der Waals surface area contributed by atoms with Gasteiger partial charge in [0, 0.05) is 13.6 Å². The first kappa shape index (κ1) is 17.8. The van der Waals surface area contributed by atoms with Gasteiger partial charge in [0.15, 0.2) is 6.61 Å². The number of hydrogen-bond donors (Lipinski definition) is 0. The van der Waals surface area contributed by atoms with Crippen LogP contribution in [0.4, 0.5) is 13.2 Å². The van der Waals surface area contributed by atoms with Gasteiger partial charge in [-0.2, -0.15) is 13.2 Å². The van der Waals surface area contributed by atoms with E-state index in [0.29, 0.717) is 11.3 Å². The van der Waals surface area contributed by atoms with E-state index in [9.17, 15) is 18.0 Å². The molecule has 0 atom stereocenters. The van der Waals surface area contributed by atoms with Crippen LogP contribution < -0.4 is 4.74 Å². The van der Waals surface area contributed by atoms with Crippen molar-refractivity contribution in [3.8, 4) is 5.75 Å². The van der Waals surface area contributed by atoms with Crippen molar-refractivity contribution in [1.29, 1.82) is 0 Å². The highest BCUT2D eigenvalue weighted by Crippen LogP contribution is 2.29. The molecule has 0 N–H and O–H groups in total. The minimum Gasteiger partial charge on any atom is -0.484 e. The van der Waals surface area contributed by atoms with Gasteiger partial charge < -0.3 is 9.64 Å². The number of halogens is 3. The quantitative estimate of drug-likeness (QED) is 0.824. The Hall–Kier alpha value is -2.50. The number of likely N-dealkylation sites (N-methyl/N-ethyl adjacent to an activating group) is 1. The molecule has 2 aromatic carbocycles. The third-order valence-corrected chi connectivity index (χ3v) is 3.51. The summed E-state index contributed by atoms with van der Waals surface area (Å²) in [5, 5.41) is 0. The van der Waals surface area contributed by atoms with Gasteiger partial charge in [0.05, 0.1) is 5.56 Å². The normalized spacial score (nSPS) is 11.2. The summed E-state index contributed by atoms with van der Waals surface area (Å²) in [4.78, 5) is 13.4. The second-order valence-corrected chi connectivity index (χ2v) is 5.55. The van der Waals surface area contributed by atoms with E-state index in [2.05, 4.69) is 0 Å². The molecule has 0 unspecified atom stereocenters. The van der Waals surface area contributed by atoms with Crippen LogP contribution in [0.2, 0.25) is 0 Å². The minimum absolute atomic E-state index is 0.125. The average molecular weight is 337 g/mol.